The van der Waals surface area contributed by atoms with Crippen LogP contribution in [0.2, 0.25) is 0 Å². The van der Waals surface area contributed by atoms with E-state index in [9.17, 15) is 19.5 Å². The predicted molar refractivity (Wildman–Crippen MR) is 78.7 cm³/mol. The lowest BCUT2D eigenvalue weighted by Gasteiger charge is -2.19. The van der Waals surface area contributed by atoms with Crippen molar-refractivity contribution in [1.29, 1.82) is 0 Å². The number of hydrogen-bond acceptors (Lipinski definition) is 4. The molecule has 1 heterocycles. The van der Waals surface area contributed by atoms with Crippen LogP contribution in [0.3, 0.4) is 0 Å². The number of aliphatic carboxylic acids is 1. The quantitative estimate of drug-likeness (QED) is 0.636. The van der Waals surface area contributed by atoms with Gasteiger partial charge in [-0.25, -0.2) is 0 Å². The van der Waals surface area contributed by atoms with Crippen LogP contribution >= 0.6 is 0 Å². The van der Waals surface area contributed by atoms with Crippen LogP contribution in [0.15, 0.2) is 22.8 Å². The van der Waals surface area contributed by atoms with E-state index in [1.807, 2.05) is 6.92 Å². The van der Waals surface area contributed by atoms with Crippen molar-refractivity contribution in [2.24, 2.45) is 11.8 Å². The molecule has 0 saturated carbocycles. The first kappa shape index (κ1) is 17.7. The van der Waals surface area contributed by atoms with Crippen LogP contribution in [0.25, 0.3) is 0 Å². The zero-order valence-electron chi connectivity index (χ0n) is 12.8. The maximum atomic E-state index is 11.8. The van der Waals surface area contributed by atoms with E-state index in [0.29, 0.717) is 6.42 Å². The molecule has 0 radical (unpaired) electrons. The Morgan fingerprint density at radius 2 is 2.05 bits per heavy atom. The van der Waals surface area contributed by atoms with Crippen LogP contribution in [0.1, 0.15) is 50.1 Å². The standard InChI is InChI=1S/C15H22N2O5/c1-3-4-6-11(15(20)21)10(2)9-13(18)16-17-14(19)12-7-5-8-22-12/h5,7-8,10-11H,3-4,6,9H2,1-2H3,(H,16,18)(H,17,19)(H,20,21)/t10-,11+/m0/s1. The molecule has 0 bridgehead atoms. The topological polar surface area (TPSA) is 109 Å². The summed E-state index contributed by atoms with van der Waals surface area (Å²) in [5, 5.41) is 9.21. The lowest BCUT2D eigenvalue weighted by molar-refractivity contribution is -0.144. The first-order valence-corrected chi connectivity index (χ1v) is 7.31. The van der Waals surface area contributed by atoms with Gasteiger partial charge in [-0.2, -0.15) is 0 Å². The minimum atomic E-state index is -0.895. The van der Waals surface area contributed by atoms with E-state index < -0.39 is 23.7 Å². The smallest absolute Gasteiger partial charge is 0.306 e. The first-order valence-electron chi connectivity index (χ1n) is 7.31. The molecule has 1 aromatic heterocycles. The molecule has 22 heavy (non-hydrogen) atoms. The highest BCUT2D eigenvalue weighted by atomic mass is 16.4. The molecule has 3 N–H and O–H groups in total. The molecule has 0 aromatic carbocycles. The molecule has 0 unspecified atom stereocenters. The number of hydrogen-bond donors (Lipinski definition) is 3. The number of amides is 2. The number of unbranched alkanes of at least 4 members (excludes halogenated alkanes) is 1. The molecule has 1 aromatic rings. The zero-order chi connectivity index (χ0) is 16.5. The number of carboxylic acids is 1. The summed E-state index contributed by atoms with van der Waals surface area (Å²) in [5.41, 5.74) is 4.48. The van der Waals surface area contributed by atoms with Gasteiger partial charge in [-0.05, 0) is 24.5 Å². The molecular weight excluding hydrogens is 288 g/mol. The second-order valence-electron chi connectivity index (χ2n) is 5.25. The highest BCUT2D eigenvalue weighted by Gasteiger charge is 2.26. The van der Waals surface area contributed by atoms with E-state index >= 15 is 0 Å². The van der Waals surface area contributed by atoms with Crippen LogP contribution in [0, 0.1) is 11.8 Å². The second-order valence-corrected chi connectivity index (χ2v) is 5.25. The van der Waals surface area contributed by atoms with E-state index in [1.54, 1.807) is 13.0 Å². The van der Waals surface area contributed by atoms with Crippen molar-refractivity contribution in [3.8, 4) is 0 Å². The molecule has 2 atom stereocenters. The molecule has 122 valence electrons. The lowest BCUT2D eigenvalue weighted by Crippen LogP contribution is -2.42. The largest absolute Gasteiger partial charge is 0.481 e. The summed E-state index contributed by atoms with van der Waals surface area (Å²) >= 11 is 0. The van der Waals surface area contributed by atoms with Crippen molar-refractivity contribution in [3.05, 3.63) is 24.2 Å². The Kier molecular flexibility index (Phi) is 7.15. The van der Waals surface area contributed by atoms with Gasteiger partial charge in [0.05, 0.1) is 12.2 Å². The minimum absolute atomic E-state index is 0.0269. The number of carboxylic acid groups (broad SMARTS) is 1. The van der Waals surface area contributed by atoms with Crippen LogP contribution in [0.5, 0.6) is 0 Å². The van der Waals surface area contributed by atoms with E-state index in [-0.39, 0.29) is 18.1 Å². The Hall–Kier alpha value is -2.31. The molecular formula is C15H22N2O5. The summed E-state index contributed by atoms with van der Waals surface area (Å²) in [4.78, 5) is 34.6. The number of nitrogens with one attached hydrogen (secondary N) is 2. The normalized spacial score (nSPS) is 13.2. The number of rotatable bonds is 8. The summed E-state index contributed by atoms with van der Waals surface area (Å²) in [7, 11) is 0. The third-order valence-corrected chi connectivity index (χ3v) is 3.44. The van der Waals surface area contributed by atoms with Gasteiger partial charge in [-0.3, -0.25) is 25.2 Å². The molecule has 2 amide bonds. The summed E-state index contributed by atoms with van der Waals surface area (Å²) in [6.45, 7) is 3.71. The fraction of sp³-hybridized carbons (Fsp3) is 0.533. The van der Waals surface area contributed by atoms with Gasteiger partial charge in [-0.15, -0.1) is 0 Å². The van der Waals surface area contributed by atoms with Gasteiger partial charge < -0.3 is 9.52 Å². The lowest BCUT2D eigenvalue weighted by atomic mass is 9.87. The number of furan rings is 1. The highest BCUT2D eigenvalue weighted by molar-refractivity contribution is 5.92. The third kappa shape index (κ3) is 5.59. The van der Waals surface area contributed by atoms with E-state index in [4.69, 9.17) is 4.42 Å². The second kappa shape index (κ2) is 8.86. The molecule has 0 aliphatic rings. The van der Waals surface area contributed by atoms with Crippen molar-refractivity contribution in [2.75, 3.05) is 0 Å². The van der Waals surface area contributed by atoms with Gasteiger partial charge in [0.2, 0.25) is 5.91 Å². The molecule has 1 rings (SSSR count). The van der Waals surface area contributed by atoms with Gasteiger partial charge in [0.25, 0.3) is 0 Å². The summed E-state index contributed by atoms with van der Waals surface area (Å²) in [6, 6.07) is 3.03. The molecule has 7 heteroatoms. The Morgan fingerprint density at radius 3 is 2.59 bits per heavy atom. The Balaban J connectivity index is 2.42. The average molecular weight is 310 g/mol. The van der Waals surface area contributed by atoms with Crippen LogP contribution in [-0.2, 0) is 9.59 Å². The number of hydrazine groups is 1. The molecule has 7 nitrogen and oxygen atoms in total. The van der Waals surface area contributed by atoms with Crippen molar-refractivity contribution in [3.63, 3.8) is 0 Å². The Bertz CT molecular complexity index is 498. The monoisotopic (exact) mass is 310 g/mol. The average Bonchev–Trinajstić information content (AvgIpc) is 2.99. The van der Waals surface area contributed by atoms with Gasteiger partial charge >= 0.3 is 11.9 Å². The maximum Gasteiger partial charge on any atom is 0.306 e. The van der Waals surface area contributed by atoms with Crippen LogP contribution in [-0.4, -0.2) is 22.9 Å². The van der Waals surface area contributed by atoms with Crippen molar-refractivity contribution >= 4 is 17.8 Å². The maximum absolute atomic E-state index is 11.8. The first-order chi connectivity index (χ1) is 10.5. The van der Waals surface area contributed by atoms with Crippen LogP contribution < -0.4 is 10.9 Å². The van der Waals surface area contributed by atoms with Crippen molar-refractivity contribution in [1.82, 2.24) is 10.9 Å². The minimum Gasteiger partial charge on any atom is -0.481 e. The van der Waals surface area contributed by atoms with E-state index in [0.717, 1.165) is 12.8 Å². The van der Waals surface area contributed by atoms with Crippen molar-refractivity contribution < 1.29 is 23.9 Å². The molecule has 0 aliphatic heterocycles. The summed E-state index contributed by atoms with van der Waals surface area (Å²) < 4.78 is 4.88. The molecule has 0 saturated heterocycles. The Morgan fingerprint density at radius 1 is 1.32 bits per heavy atom. The number of carbonyl (C=O) groups is 3. The highest BCUT2D eigenvalue weighted by Crippen LogP contribution is 2.21. The van der Waals surface area contributed by atoms with Gasteiger partial charge in [-0.1, -0.05) is 26.7 Å². The fourth-order valence-corrected chi connectivity index (χ4v) is 2.16. The SMILES string of the molecule is CCCC[C@@H](C(=O)O)[C@@H](C)CC(=O)NNC(=O)c1ccco1. The summed E-state index contributed by atoms with van der Waals surface area (Å²) in [6.07, 6.45) is 3.63. The number of carbonyl (C=O) groups excluding carboxylic acids is 2. The van der Waals surface area contributed by atoms with Crippen molar-refractivity contribution in [2.45, 2.75) is 39.5 Å². The molecule has 0 fully saturated rings. The van der Waals surface area contributed by atoms with Gasteiger partial charge in [0, 0.05) is 6.42 Å². The third-order valence-electron chi connectivity index (χ3n) is 3.44. The molecule has 0 spiro atoms. The van der Waals surface area contributed by atoms with Gasteiger partial charge in [0.15, 0.2) is 5.76 Å². The van der Waals surface area contributed by atoms with E-state index in [1.165, 1.54) is 12.3 Å². The van der Waals surface area contributed by atoms with Crippen LogP contribution in [0.4, 0.5) is 0 Å². The molecule has 0 aliphatic carbocycles. The summed E-state index contributed by atoms with van der Waals surface area (Å²) in [5.74, 6) is -2.69. The zero-order valence-corrected chi connectivity index (χ0v) is 12.8. The van der Waals surface area contributed by atoms with Gasteiger partial charge in [0.1, 0.15) is 0 Å². The fourth-order valence-electron chi connectivity index (χ4n) is 2.16. The Labute approximate surface area is 129 Å². The van der Waals surface area contributed by atoms with E-state index in [2.05, 4.69) is 10.9 Å². The predicted octanol–water partition coefficient (Wildman–Crippen LogP) is 1.96.